The second kappa shape index (κ2) is 4.53. The minimum atomic E-state index is -5.82. The summed E-state index contributed by atoms with van der Waals surface area (Å²) in [6.07, 6.45) is 0. The molecular formula is C9H5F3O6S. The van der Waals surface area contributed by atoms with E-state index in [1.54, 1.807) is 0 Å². The SMILES string of the molecule is O=C(O)c1cc(C(=O)O)cc(S(=O)(=O)C(F)(F)F)c1. The Bertz CT molecular complexity index is 614. The zero-order valence-electron chi connectivity index (χ0n) is 8.80. The van der Waals surface area contributed by atoms with Crippen molar-refractivity contribution in [3.05, 3.63) is 29.3 Å². The van der Waals surface area contributed by atoms with Crippen molar-refractivity contribution in [2.45, 2.75) is 10.4 Å². The Kier molecular flexibility index (Phi) is 3.57. The van der Waals surface area contributed by atoms with Gasteiger partial charge in [0, 0.05) is 0 Å². The van der Waals surface area contributed by atoms with Crippen LogP contribution in [0.15, 0.2) is 23.1 Å². The van der Waals surface area contributed by atoms with E-state index < -0.39 is 43.3 Å². The van der Waals surface area contributed by atoms with Crippen LogP contribution in [0.2, 0.25) is 0 Å². The first kappa shape index (κ1) is 15.0. The second-order valence-corrected chi connectivity index (χ2v) is 5.25. The van der Waals surface area contributed by atoms with Gasteiger partial charge in [-0.15, -0.1) is 0 Å². The van der Waals surface area contributed by atoms with E-state index in [4.69, 9.17) is 10.2 Å². The van der Waals surface area contributed by atoms with Crippen LogP contribution in [0.25, 0.3) is 0 Å². The minimum absolute atomic E-state index is 0.248. The maximum Gasteiger partial charge on any atom is 0.501 e. The zero-order chi connectivity index (χ0) is 15.0. The molecule has 0 aliphatic heterocycles. The van der Waals surface area contributed by atoms with Crippen LogP contribution in [0, 0.1) is 0 Å². The molecule has 10 heteroatoms. The number of benzene rings is 1. The van der Waals surface area contributed by atoms with Gasteiger partial charge >= 0.3 is 17.4 Å². The summed E-state index contributed by atoms with van der Waals surface area (Å²) >= 11 is 0. The Morgan fingerprint density at radius 1 is 0.947 bits per heavy atom. The molecule has 0 aromatic heterocycles. The molecule has 0 saturated heterocycles. The van der Waals surface area contributed by atoms with E-state index in [9.17, 15) is 31.2 Å². The number of carbonyl (C=O) groups is 2. The Morgan fingerprint density at radius 2 is 1.32 bits per heavy atom. The van der Waals surface area contributed by atoms with Crippen molar-refractivity contribution in [3.63, 3.8) is 0 Å². The van der Waals surface area contributed by atoms with Gasteiger partial charge < -0.3 is 10.2 Å². The van der Waals surface area contributed by atoms with Crippen molar-refractivity contribution in [1.82, 2.24) is 0 Å². The Morgan fingerprint density at radius 3 is 1.58 bits per heavy atom. The van der Waals surface area contributed by atoms with Gasteiger partial charge in [0.05, 0.1) is 16.0 Å². The van der Waals surface area contributed by atoms with Gasteiger partial charge in [0.25, 0.3) is 9.84 Å². The first-order valence-electron chi connectivity index (χ1n) is 4.40. The third-order valence-corrected chi connectivity index (χ3v) is 3.48. The van der Waals surface area contributed by atoms with Gasteiger partial charge in [-0.25, -0.2) is 18.0 Å². The van der Waals surface area contributed by atoms with Gasteiger partial charge in [-0.2, -0.15) is 13.2 Å². The number of carboxylic acids is 2. The van der Waals surface area contributed by atoms with E-state index >= 15 is 0 Å². The standard InChI is InChI=1S/C9H5F3O6S/c10-9(11,12)19(17,18)6-2-4(7(13)14)1-5(3-6)8(15)16/h1-3H,(H,13,14)(H,15,16). The average Bonchev–Trinajstić information content (AvgIpc) is 2.26. The van der Waals surface area contributed by atoms with Crippen LogP contribution >= 0.6 is 0 Å². The number of carboxylic acid groups (broad SMARTS) is 2. The molecule has 0 unspecified atom stereocenters. The molecule has 0 bridgehead atoms. The van der Waals surface area contributed by atoms with Crippen molar-refractivity contribution in [3.8, 4) is 0 Å². The molecule has 0 saturated carbocycles. The summed E-state index contributed by atoms with van der Waals surface area (Å²) < 4.78 is 59.1. The largest absolute Gasteiger partial charge is 0.501 e. The predicted octanol–water partition coefficient (Wildman–Crippen LogP) is 1.38. The van der Waals surface area contributed by atoms with Crippen molar-refractivity contribution in [1.29, 1.82) is 0 Å². The summed E-state index contributed by atoms with van der Waals surface area (Å²) in [5.74, 6) is -3.50. The lowest BCUT2D eigenvalue weighted by Crippen LogP contribution is -2.24. The van der Waals surface area contributed by atoms with Gasteiger partial charge in [0.15, 0.2) is 0 Å². The molecule has 2 N–H and O–H groups in total. The number of rotatable bonds is 3. The highest BCUT2D eigenvalue weighted by Gasteiger charge is 2.47. The number of halogens is 3. The highest BCUT2D eigenvalue weighted by Crippen LogP contribution is 2.31. The number of alkyl halides is 3. The third kappa shape index (κ3) is 2.84. The number of sulfone groups is 1. The van der Waals surface area contributed by atoms with Crippen LogP contribution in [-0.2, 0) is 9.84 Å². The molecule has 0 fully saturated rings. The van der Waals surface area contributed by atoms with Crippen LogP contribution in [0.3, 0.4) is 0 Å². The smallest absolute Gasteiger partial charge is 0.478 e. The summed E-state index contributed by atoms with van der Waals surface area (Å²) in [6.45, 7) is 0. The van der Waals surface area contributed by atoms with Gasteiger partial charge in [-0.3, -0.25) is 0 Å². The average molecular weight is 298 g/mol. The van der Waals surface area contributed by atoms with Crippen molar-refractivity contribution >= 4 is 21.8 Å². The fourth-order valence-corrected chi connectivity index (χ4v) is 1.97. The molecule has 104 valence electrons. The summed E-state index contributed by atoms with van der Waals surface area (Å²) in [7, 11) is -5.82. The topological polar surface area (TPSA) is 109 Å². The highest BCUT2D eigenvalue weighted by molar-refractivity contribution is 7.92. The lowest BCUT2D eigenvalue weighted by Gasteiger charge is -2.09. The Labute approximate surface area is 104 Å². The summed E-state index contributed by atoms with van der Waals surface area (Å²) in [5, 5.41) is 17.2. The Balaban J connectivity index is 3.62. The predicted molar refractivity (Wildman–Crippen MR) is 53.6 cm³/mol. The van der Waals surface area contributed by atoms with E-state index in [0.29, 0.717) is 6.07 Å². The van der Waals surface area contributed by atoms with Gasteiger partial charge in [0.2, 0.25) is 0 Å². The number of aromatic carboxylic acids is 2. The van der Waals surface area contributed by atoms with Gasteiger partial charge in [0.1, 0.15) is 0 Å². The maximum absolute atomic E-state index is 12.3. The molecule has 19 heavy (non-hydrogen) atoms. The van der Waals surface area contributed by atoms with Crippen LogP contribution in [0.5, 0.6) is 0 Å². The van der Waals surface area contributed by atoms with Crippen molar-refractivity contribution in [2.75, 3.05) is 0 Å². The molecule has 0 aliphatic carbocycles. The lowest BCUT2D eigenvalue weighted by molar-refractivity contribution is -0.0436. The first-order valence-corrected chi connectivity index (χ1v) is 5.88. The second-order valence-electron chi connectivity index (χ2n) is 3.31. The summed E-state index contributed by atoms with van der Waals surface area (Å²) in [6, 6.07) is 1.05. The quantitative estimate of drug-likeness (QED) is 0.872. The molecule has 0 amide bonds. The zero-order valence-corrected chi connectivity index (χ0v) is 9.62. The summed E-state index contributed by atoms with van der Waals surface area (Å²) in [4.78, 5) is 19.8. The van der Waals surface area contributed by atoms with Crippen molar-refractivity contribution in [2.24, 2.45) is 0 Å². The molecule has 1 aromatic rings. The Hall–Kier alpha value is -2.10. The molecule has 1 aromatic carbocycles. The fraction of sp³-hybridized carbons (Fsp3) is 0.111. The third-order valence-electron chi connectivity index (χ3n) is 2.02. The molecule has 6 nitrogen and oxygen atoms in total. The van der Waals surface area contributed by atoms with Crippen LogP contribution in [-0.4, -0.2) is 36.1 Å². The molecule has 0 aliphatic rings. The number of hydrogen-bond acceptors (Lipinski definition) is 4. The van der Waals surface area contributed by atoms with E-state index in [-0.39, 0.29) is 12.1 Å². The lowest BCUT2D eigenvalue weighted by atomic mass is 10.1. The van der Waals surface area contributed by atoms with Gasteiger partial charge in [-0.05, 0) is 18.2 Å². The van der Waals surface area contributed by atoms with E-state index in [1.807, 2.05) is 0 Å². The maximum atomic E-state index is 12.3. The van der Waals surface area contributed by atoms with E-state index in [2.05, 4.69) is 0 Å². The van der Waals surface area contributed by atoms with Gasteiger partial charge in [-0.1, -0.05) is 0 Å². The molecule has 0 atom stereocenters. The van der Waals surface area contributed by atoms with E-state index in [0.717, 1.165) is 0 Å². The molecule has 1 rings (SSSR count). The molecular weight excluding hydrogens is 293 g/mol. The molecule has 0 radical (unpaired) electrons. The summed E-state index contributed by atoms with van der Waals surface area (Å²) in [5.41, 5.74) is -7.40. The van der Waals surface area contributed by atoms with Crippen LogP contribution < -0.4 is 0 Å². The highest BCUT2D eigenvalue weighted by atomic mass is 32.2. The van der Waals surface area contributed by atoms with Crippen LogP contribution in [0.1, 0.15) is 20.7 Å². The fourth-order valence-electron chi connectivity index (χ4n) is 1.13. The van der Waals surface area contributed by atoms with Crippen molar-refractivity contribution < 1.29 is 41.4 Å². The number of hydrogen-bond donors (Lipinski definition) is 2. The normalized spacial score (nSPS) is 12.2. The minimum Gasteiger partial charge on any atom is -0.478 e. The van der Waals surface area contributed by atoms with Crippen LogP contribution in [0.4, 0.5) is 13.2 Å². The van der Waals surface area contributed by atoms with E-state index in [1.165, 1.54) is 0 Å². The first-order chi connectivity index (χ1) is 8.46. The molecule has 0 spiro atoms. The monoisotopic (exact) mass is 298 g/mol. The molecule has 0 heterocycles.